The summed E-state index contributed by atoms with van der Waals surface area (Å²) in [7, 11) is 0. The van der Waals surface area contributed by atoms with Crippen molar-refractivity contribution in [2.45, 2.75) is 19.9 Å². The third kappa shape index (κ3) is 3.14. The third-order valence-electron chi connectivity index (χ3n) is 3.19. The highest BCUT2D eigenvalue weighted by atomic mass is 16.5. The summed E-state index contributed by atoms with van der Waals surface area (Å²) in [6, 6.07) is 12.0. The van der Waals surface area contributed by atoms with Gasteiger partial charge in [-0.15, -0.1) is 0 Å². The summed E-state index contributed by atoms with van der Waals surface area (Å²) in [5.74, 6) is 1.16. The highest BCUT2D eigenvalue weighted by molar-refractivity contribution is 5.52. The SMILES string of the molecule is Cc1cccc(Cc2noc(-c3ccnc(CN)c3)n2)c1. The predicted octanol–water partition coefficient (Wildman–Crippen LogP) is 2.49. The molecule has 0 saturated heterocycles. The molecule has 2 aromatic heterocycles. The Kier molecular flexibility index (Phi) is 3.75. The summed E-state index contributed by atoms with van der Waals surface area (Å²) < 4.78 is 5.32. The maximum absolute atomic E-state index is 5.59. The lowest BCUT2D eigenvalue weighted by atomic mass is 10.1. The number of rotatable bonds is 4. The molecule has 0 amide bonds. The van der Waals surface area contributed by atoms with Gasteiger partial charge in [0.15, 0.2) is 5.82 Å². The Bertz CT molecular complexity index is 751. The molecule has 0 aliphatic carbocycles. The van der Waals surface area contributed by atoms with Crippen LogP contribution in [-0.4, -0.2) is 15.1 Å². The Morgan fingerprint density at radius 3 is 2.90 bits per heavy atom. The topological polar surface area (TPSA) is 77.8 Å². The van der Waals surface area contributed by atoms with E-state index in [1.165, 1.54) is 11.1 Å². The van der Waals surface area contributed by atoms with E-state index in [1.54, 1.807) is 6.20 Å². The Morgan fingerprint density at radius 1 is 1.19 bits per heavy atom. The summed E-state index contributed by atoms with van der Waals surface area (Å²) >= 11 is 0. The first-order valence-corrected chi connectivity index (χ1v) is 6.78. The maximum atomic E-state index is 5.59. The molecular formula is C16H16N4O. The van der Waals surface area contributed by atoms with E-state index in [4.69, 9.17) is 10.3 Å². The van der Waals surface area contributed by atoms with Crippen molar-refractivity contribution < 1.29 is 4.52 Å². The molecule has 0 radical (unpaired) electrons. The first-order chi connectivity index (χ1) is 10.2. The van der Waals surface area contributed by atoms with Gasteiger partial charge in [-0.05, 0) is 24.6 Å². The van der Waals surface area contributed by atoms with Gasteiger partial charge in [-0.1, -0.05) is 35.0 Å². The molecule has 0 spiro atoms. The third-order valence-corrected chi connectivity index (χ3v) is 3.19. The molecule has 21 heavy (non-hydrogen) atoms. The van der Waals surface area contributed by atoms with Gasteiger partial charge in [-0.2, -0.15) is 4.98 Å². The minimum atomic E-state index is 0.387. The summed E-state index contributed by atoms with van der Waals surface area (Å²) in [6.07, 6.45) is 2.35. The Labute approximate surface area is 122 Å². The first-order valence-electron chi connectivity index (χ1n) is 6.78. The van der Waals surface area contributed by atoms with E-state index in [0.29, 0.717) is 24.7 Å². The summed E-state index contributed by atoms with van der Waals surface area (Å²) in [5.41, 5.74) is 9.61. The van der Waals surface area contributed by atoms with Gasteiger partial charge in [-0.3, -0.25) is 4.98 Å². The predicted molar refractivity (Wildman–Crippen MR) is 79.4 cm³/mol. The van der Waals surface area contributed by atoms with Crippen LogP contribution in [0.25, 0.3) is 11.5 Å². The maximum Gasteiger partial charge on any atom is 0.258 e. The molecule has 0 fully saturated rings. The lowest BCUT2D eigenvalue weighted by Gasteiger charge is -1.98. The average Bonchev–Trinajstić information content (AvgIpc) is 2.96. The molecule has 0 saturated carbocycles. The number of pyridine rings is 1. The van der Waals surface area contributed by atoms with E-state index in [1.807, 2.05) is 18.2 Å². The second-order valence-electron chi connectivity index (χ2n) is 4.92. The number of nitrogens with two attached hydrogens (primary N) is 1. The zero-order valence-corrected chi connectivity index (χ0v) is 11.8. The second kappa shape index (κ2) is 5.85. The Morgan fingerprint density at radius 2 is 2.10 bits per heavy atom. The zero-order chi connectivity index (χ0) is 14.7. The molecule has 0 aliphatic rings. The minimum absolute atomic E-state index is 0.387. The molecule has 0 bridgehead atoms. The Balaban J connectivity index is 1.82. The van der Waals surface area contributed by atoms with E-state index < -0.39 is 0 Å². The molecule has 3 aromatic rings. The molecule has 2 heterocycles. The van der Waals surface area contributed by atoms with Crippen LogP contribution in [0.2, 0.25) is 0 Å². The summed E-state index contributed by atoms with van der Waals surface area (Å²) in [4.78, 5) is 8.59. The number of aromatic nitrogens is 3. The molecule has 3 rings (SSSR count). The lowest BCUT2D eigenvalue weighted by Crippen LogP contribution is -1.99. The van der Waals surface area contributed by atoms with Crippen LogP contribution in [0.4, 0.5) is 0 Å². The molecule has 2 N–H and O–H groups in total. The summed E-state index contributed by atoms with van der Waals surface area (Å²) in [6.45, 7) is 2.45. The van der Waals surface area contributed by atoms with Crippen LogP contribution in [0.1, 0.15) is 22.6 Å². The van der Waals surface area contributed by atoms with Crippen LogP contribution in [-0.2, 0) is 13.0 Å². The van der Waals surface area contributed by atoms with Gasteiger partial charge in [0.1, 0.15) is 0 Å². The van der Waals surface area contributed by atoms with E-state index in [9.17, 15) is 0 Å². The molecule has 106 valence electrons. The van der Waals surface area contributed by atoms with Gasteiger partial charge in [0.05, 0.1) is 5.69 Å². The molecule has 0 atom stereocenters. The molecule has 0 aliphatic heterocycles. The normalized spacial score (nSPS) is 10.8. The molecular weight excluding hydrogens is 264 g/mol. The second-order valence-corrected chi connectivity index (χ2v) is 4.92. The lowest BCUT2D eigenvalue weighted by molar-refractivity contribution is 0.424. The van der Waals surface area contributed by atoms with E-state index >= 15 is 0 Å². The van der Waals surface area contributed by atoms with Gasteiger partial charge >= 0.3 is 0 Å². The summed E-state index contributed by atoms with van der Waals surface area (Å²) in [5, 5.41) is 4.04. The molecule has 1 aromatic carbocycles. The van der Waals surface area contributed by atoms with Gasteiger partial charge in [0, 0.05) is 24.7 Å². The monoisotopic (exact) mass is 280 g/mol. The van der Waals surface area contributed by atoms with Crippen LogP contribution in [0.3, 0.4) is 0 Å². The quantitative estimate of drug-likeness (QED) is 0.794. The van der Waals surface area contributed by atoms with Gasteiger partial charge in [-0.25, -0.2) is 0 Å². The molecule has 0 unspecified atom stereocenters. The Hall–Kier alpha value is -2.53. The van der Waals surface area contributed by atoms with E-state index in [2.05, 4.69) is 40.2 Å². The van der Waals surface area contributed by atoms with Crippen LogP contribution in [0.5, 0.6) is 0 Å². The van der Waals surface area contributed by atoms with Crippen LogP contribution in [0.15, 0.2) is 47.1 Å². The van der Waals surface area contributed by atoms with Crippen molar-refractivity contribution in [1.82, 2.24) is 15.1 Å². The van der Waals surface area contributed by atoms with Crippen molar-refractivity contribution >= 4 is 0 Å². The van der Waals surface area contributed by atoms with Crippen LogP contribution in [0, 0.1) is 6.92 Å². The fraction of sp³-hybridized carbons (Fsp3) is 0.188. The smallest absolute Gasteiger partial charge is 0.258 e. The standard InChI is InChI=1S/C16H16N4O/c1-11-3-2-4-12(7-11)8-15-19-16(21-20-15)13-5-6-18-14(9-13)10-17/h2-7,9H,8,10,17H2,1H3. The highest BCUT2D eigenvalue weighted by Gasteiger charge is 2.10. The van der Waals surface area contributed by atoms with Crippen LogP contribution >= 0.6 is 0 Å². The van der Waals surface area contributed by atoms with Crippen molar-refractivity contribution in [2.75, 3.05) is 0 Å². The van der Waals surface area contributed by atoms with Gasteiger partial charge < -0.3 is 10.3 Å². The fourth-order valence-electron chi connectivity index (χ4n) is 2.17. The van der Waals surface area contributed by atoms with Gasteiger partial charge in [0.2, 0.25) is 0 Å². The minimum Gasteiger partial charge on any atom is -0.334 e. The number of hydrogen-bond donors (Lipinski definition) is 1. The van der Waals surface area contributed by atoms with Crippen molar-refractivity contribution in [3.63, 3.8) is 0 Å². The fourth-order valence-corrected chi connectivity index (χ4v) is 2.17. The number of benzene rings is 1. The van der Waals surface area contributed by atoms with Gasteiger partial charge in [0.25, 0.3) is 5.89 Å². The number of nitrogens with zero attached hydrogens (tertiary/aromatic N) is 3. The molecule has 5 heteroatoms. The zero-order valence-electron chi connectivity index (χ0n) is 11.8. The van der Waals surface area contributed by atoms with E-state index in [0.717, 1.165) is 11.3 Å². The van der Waals surface area contributed by atoms with Crippen LogP contribution < -0.4 is 5.73 Å². The molecule has 5 nitrogen and oxygen atoms in total. The van der Waals surface area contributed by atoms with Crippen molar-refractivity contribution in [1.29, 1.82) is 0 Å². The number of hydrogen-bond acceptors (Lipinski definition) is 5. The average molecular weight is 280 g/mol. The number of aryl methyl sites for hydroxylation is 1. The first kappa shape index (κ1) is 13.5. The van der Waals surface area contributed by atoms with Crippen molar-refractivity contribution in [3.8, 4) is 11.5 Å². The largest absolute Gasteiger partial charge is 0.334 e. The van der Waals surface area contributed by atoms with E-state index in [-0.39, 0.29) is 0 Å². The highest BCUT2D eigenvalue weighted by Crippen LogP contribution is 2.18. The van der Waals surface area contributed by atoms with Crippen molar-refractivity contribution in [2.24, 2.45) is 5.73 Å². The van der Waals surface area contributed by atoms with Crippen molar-refractivity contribution in [3.05, 3.63) is 65.2 Å².